The van der Waals surface area contributed by atoms with E-state index in [2.05, 4.69) is 10.3 Å². The van der Waals surface area contributed by atoms with Crippen molar-refractivity contribution in [2.24, 2.45) is 0 Å². The van der Waals surface area contributed by atoms with Crippen LogP contribution in [0.3, 0.4) is 0 Å². The van der Waals surface area contributed by atoms with Crippen LogP contribution in [-0.2, 0) is 0 Å². The van der Waals surface area contributed by atoms with Crippen LogP contribution in [0.4, 0.5) is 0 Å². The van der Waals surface area contributed by atoms with Gasteiger partial charge in [-0.1, -0.05) is 30.3 Å². The number of nitrogens with one attached hydrogen (secondary N) is 1. The van der Waals surface area contributed by atoms with Crippen LogP contribution in [0.25, 0.3) is 16.8 Å². The second-order valence-corrected chi connectivity index (χ2v) is 4.22. The van der Waals surface area contributed by atoms with Crippen LogP contribution in [0.15, 0.2) is 54.9 Å². The third kappa shape index (κ3) is 1.97. The van der Waals surface area contributed by atoms with E-state index in [4.69, 9.17) is 0 Å². The molecular formula is C15H13N3O. The van der Waals surface area contributed by atoms with Gasteiger partial charge in [-0.15, -0.1) is 0 Å². The van der Waals surface area contributed by atoms with Crippen molar-refractivity contribution in [3.05, 3.63) is 60.6 Å². The summed E-state index contributed by atoms with van der Waals surface area (Å²) in [6, 6.07) is 13.8. The number of amides is 1. The van der Waals surface area contributed by atoms with E-state index in [0.717, 1.165) is 16.8 Å². The van der Waals surface area contributed by atoms with Crippen LogP contribution in [0.2, 0.25) is 0 Å². The lowest BCUT2D eigenvalue weighted by Gasteiger charge is -2.07. The molecule has 4 nitrogen and oxygen atoms in total. The first-order valence-corrected chi connectivity index (χ1v) is 6.05. The maximum atomic E-state index is 11.8. The second kappa shape index (κ2) is 4.57. The Labute approximate surface area is 110 Å². The van der Waals surface area contributed by atoms with Gasteiger partial charge in [0.15, 0.2) is 0 Å². The third-order valence-electron chi connectivity index (χ3n) is 3.02. The Bertz CT molecular complexity index is 731. The SMILES string of the molecule is CNC(=O)c1cn2cccc2c(-c2ccccc2)n1. The Kier molecular flexibility index (Phi) is 2.76. The molecule has 2 aromatic heterocycles. The molecule has 94 valence electrons. The van der Waals surface area contributed by atoms with E-state index in [0.29, 0.717) is 5.69 Å². The summed E-state index contributed by atoms with van der Waals surface area (Å²) in [6.45, 7) is 0. The van der Waals surface area contributed by atoms with Crippen molar-refractivity contribution in [2.75, 3.05) is 7.05 Å². The topological polar surface area (TPSA) is 46.4 Å². The fourth-order valence-corrected chi connectivity index (χ4v) is 2.09. The minimum absolute atomic E-state index is 0.187. The number of hydrogen-bond donors (Lipinski definition) is 1. The number of fused-ring (bicyclic) bond motifs is 1. The Morgan fingerprint density at radius 3 is 2.68 bits per heavy atom. The van der Waals surface area contributed by atoms with Crippen LogP contribution in [0.5, 0.6) is 0 Å². The molecule has 3 aromatic rings. The van der Waals surface area contributed by atoms with Crippen molar-refractivity contribution in [1.29, 1.82) is 0 Å². The highest BCUT2D eigenvalue weighted by Crippen LogP contribution is 2.23. The molecule has 0 aliphatic rings. The fourth-order valence-electron chi connectivity index (χ4n) is 2.09. The summed E-state index contributed by atoms with van der Waals surface area (Å²) in [5.74, 6) is -0.187. The summed E-state index contributed by atoms with van der Waals surface area (Å²) >= 11 is 0. The number of rotatable bonds is 2. The van der Waals surface area contributed by atoms with Crippen LogP contribution in [0, 0.1) is 0 Å². The molecule has 0 atom stereocenters. The number of hydrogen-bond acceptors (Lipinski definition) is 2. The lowest BCUT2D eigenvalue weighted by Crippen LogP contribution is -2.20. The average molecular weight is 251 g/mol. The maximum Gasteiger partial charge on any atom is 0.271 e. The zero-order valence-corrected chi connectivity index (χ0v) is 10.5. The fraction of sp³-hybridized carbons (Fsp3) is 0.0667. The van der Waals surface area contributed by atoms with E-state index in [1.165, 1.54) is 0 Å². The van der Waals surface area contributed by atoms with Crippen molar-refractivity contribution in [1.82, 2.24) is 14.7 Å². The summed E-state index contributed by atoms with van der Waals surface area (Å²) < 4.78 is 1.92. The smallest absolute Gasteiger partial charge is 0.271 e. The zero-order chi connectivity index (χ0) is 13.2. The molecule has 0 aliphatic heterocycles. The molecule has 0 unspecified atom stereocenters. The largest absolute Gasteiger partial charge is 0.354 e. The van der Waals surface area contributed by atoms with Gasteiger partial charge in [0.1, 0.15) is 5.69 Å². The lowest BCUT2D eigenvalue weighted by atomic mass is 10.1. The normalized spacial score (nSPS) is 10.6. The molecule has 0 saturated heterocycles. The van der Waals surface area contributed by atoms with Crippen LogP contribution in [-0.4, -0.2) is 22.3 Å². The van der Waals surface area contributed by atoms with Gasteiger partial charge in [0.2, 0.25) is 0 Å². The number of benzene rings is 1. The van der Waals surface area contributed by atoms with E-state index < -0.39 is 0 Å². The first kappa shape index (κ1) is 11.5. The standard InChI is InChI=1S/C15H13N3O/c1-16-15(19)12-10-18-9-5-8-13(18)14(17-12)11-6-3-2-4-7-11/h2-10H,1H3,(H,16,19). The van der Waals surface area contributed by atoms with E-state index in [1.54, 1.807) is 13.2 Å². The Morgan fingerprint density at radius 1 is 1.16 bits per heavy atom. The van der Waals surface area contributed by atoms with Gasteiger partial charge in [0, 0.05) is 25.0 Å². The Hall–Kier alpha value is -2.62. The minimum Gasteiger partial charge on any atom is -0.354 e. The summed E-state index contributed by atoms with van der Waals surface area (Å²) in [5, 5.41) is 2.60. The van der Waals surface area contributed by atoms with Gasteiger partial charge in [-0.25, -0.2) is 4.98 Å². The molecule has 1 N–H and O–H groups in total. The van der Waals surface area contributed by atoms with Crippen molar-refractivity contribution < 1.29 is 4.79 Å². The molecule has 0 aliphatic carbocycles. The van der Waals surface area contributed by atoms with Gasteiger partial charge in [0.05, 0.1) is 11.2 Å². The van der Waals surface area contributed by atoms with Gasteiger partial charge in [0.25, 0.3) is 5.91 Å². The van der Waals surface area contributed by atoms with E-state index in [9.17, 15) is 4.79 Å². The maximum absolute atomic E-state index is 11.8. The number of carbonyl (C=O) groups is 1. The van der Waals surface area contributed by atoms with E-state index in [1.807, 2.05) is 53.1 Å². The van der Waals surface area contributed by atoms with Crippen LogP contribution >= 0.6 is 0 Å². The first-order valence-electron chi connectivity index (χ1n) is 6.05. The van der Waals surface area contributed by atoms with Crippen molar-refractivity contribution >= 4 is 11.4 Å². The average Bonchev–Trinajstić information content (AvgIpc) is 2.94. The molecule has 0 saturated carbocycles. The summed E-state index contributed by atoms with van der Waals surface area (Å²) in [4.78, 5) is 16.3. The van der Waals surface area contributed by atoms with Crippen LogP contribution < -0.4 is 5.32 Å². The summed E-state index contributed by atoms with van der Waals surface area (Å²) in [6.07, 6.45) is 3.65. The van der Waals surface area contributed by atoms with Gasteiger partial charge in [-0.05, 0) is 12.1 Å². The third-order valence-corrected chi connectivity index (χ3v) is 3.02. The molecule has 1 amide bonds. The lowest BCUT2D eigenvalue weighted by molar-refractivity contribution is 0.0958. The van der Waals surface area contributed by atoms with Gasteiger partial charge >= 0.3 is 0 Å². The van der Waals surface area contributed by atoms with Crippen molar-refractivity contribution in [3.63, 3.8) is 0 Å². The van der Waals surface area contributed by atoms with Gasteiger partial charge < -0.3 is 9.72 Å². The van der Waals surface area contributed by atoms with Crippen molar-refractivity contribution in [3.8, 4) is 11.3 Å². The molecule has 2 heterocycles. The molecule has 3 rings (SSSR count). The monoisotopic (exact) mass is 251 g/mol. The number of aromatic nitrogens is 2. The van der Waals surface area contributed by atoms with Gasteiger partial charge in [-0.3, -0.25) is 4.79 Å². The number of nitrogens with zero attached hydrogens (tertiary/aromatic N) is 2. The molecule has 4 heteroatoms. The highest BCUT2D eigenvalue weighted by Gasteiger charge is 2.12. The predicted octanol–water partition coefficient (Wildman–Crippen LogP) is 2.36. The molecule has 0 fully saturated rings. The summed E-state index contributed by atoms with van der Waals surface area (Å²) in [7, 11) is 1.60. The molecular weight excluding hydrogens is 238 g/mol. The first-order chi connectivity index (χ1) is 9.29. The Morgan fingerprint density at radius 2 is 1.95 bits per heavy atom. The molecule has 0 radical (unpaired) electrons. The Balaban J connectivity index is 2.27. The minimum atomic E-state index is -0.187. The van der Waals surface area contributed by atoms with Crippen molar-refractivity contribution in [2.45, 2.75) is 0 Å². The molecule has 19 heavy (non-hydrogen) atoms. The summed E-state index contributed by atoms with van der Waals surface area (Å²) in [5.41, 5.74) is 3.20. The highest BCUT2D eigenvalue weighted by molar-refractivity contribution is 5.93. The van der Waals surface area contributed by atoms with E-state index in [-0.39, 0.29) is 5.91 Å². The zero-order valence-electron chi connectivity index (χ0n) is 10.5. The van der Waals surface area contributed by atoms with E-state index >= 15 is 0 Å². The van der Waals surface area contributed by atoms with Gasteiger partial charge in [-0.2, -0.15) is 0 Å². The molecule has 1 aromatic carbocycles. The quantitative estimate of drug-likeness (QED) is 0.760. The second-order valence-electron chi connectivity index (χ2n) is 4.22. The molecule has 0 spiro atoms. The highest BCUT2D eigenvalue weighted by atomic mass is 16.1. The molecule has 0 bridgehead atoms. The van der Waals surface area contributed by atoms with Crippen LogP contribution in [0.1, 0.15) is 10.5 Å². The number of carbonyl (C=O) groups excluding carboxylic acids is 1. The predicted molar refractivity (Wildman–Crippen MR) is 74.0 cm³/mol.